The van der Waals surface area contributed by atoms with Gasteiger partial charge in [-0.2, -0.15) is 4.31 Å². The van der Waals surface area contributed by atoms with E-state index < -0.39 is 20.9 Å². The molecule has 0 radical (unpaired) electrons. The van der Waals surface area contributed by atoms with E-state index in [1.54, 1.807) is 30.3 Å². The van der Waals surface area contributed by atoms with E-state index in [2.05, 4.69) is 0 Å². The van der Waals surface area contributed by atoms with Gasteiger partial charge < -0.3 is 5.73 Å². The number of carbonyl (C=O) groups is 1. The molecule has 0 aliphatic rings. The molecule has 2 rings (SSSR count). The number of hydrogen-bond acceptors (Lipinski definition) is 5. The van der Waals surface area contributed by atoms with Crippen LogP contribution in [0.3, 0.4) is 0 Å². The topological polar surface area (TPSA) is 124 Å². The number of sulfonamides is 1. The molecule has 2 aromatic carbocycles. The third-order valence-electron chi connectivity index (χ3n) is 3.82. The normalized spacial score (nSPS) is 11.5. The van der Waals surface area contributed by atoms with Crippen LogP contribution in [0.4, 0.5) is 5.69 Å². The van der Waals surface area contributed by atoms with Crippen molar-refractivity contribution in [2.75, 3.05) is 6.54 Å². The highest BCUT2D eigenvalue weighted by atomic mass is 32.2. The summed E-state index contributed by atoms with van der Waals surface area (Å²) >= 11 is 0. The van der Waals surface area contributed by atoms with Crippen LogP contribution in [-0.4, -0.2) is 30.1 Å². The Kier molecular flexibility index (Phi) is 6.06. The van der Waals surface area contributed by atoms with E-state index in [-0.39, 0.29) is 30.1 Å². The molecule has 2 N–H and O–H groups in total. The Morgan fingerprint density at radius 1 is 1.19 bits per heavy atom. The lowest BCUT2D eigenvalue weighted by Gasteiger charge is -2.22. The summed E-state index contributed by atoms with van der Waals surface area (Å²) in [7, 11) is -4.05. The highest BCUT2D eigenvalue weighted by Gasteiger charge is 2.27. The zero-order chi connectivity index (χ0) is 19.3. The molecule has 0 saturated carbocycles. The largest absolute Gasteiger partial charge is 0.370 e. The van der Waals surface area contributed by atoms with Crippen molar-refractivity contribution in [3.8, 4) is 0 Å². The zero-order valence-electron chi connectivity index (χ0n) is 14.2. The molecule has 0 aliphatic carbocycles. The van der Waals surface area contributed by atoms with Gasteiger partial charge in [0.2, 0.25) is 15.9 Å². The summed E-state index contributed by atoms with van der Waals surface area (Å²) in [5, 5.41) is 11.1. The van der Waals surface area contributed by atoms with E-state index >= 15 is 0 Å². The summed E-state index contributed by atoms with van der Waals surface area (Å²) in [5.74, 6) is -0.631. The molecule has 0 bridgehead atoms. The van der Waals surface area contributed by atoms with Gasteiger partial charge in [-0.1, -0.05) is 36.4 Å². The Morgan fingerprint density at radius 3 is 2.42 bits per heavy atom. The van der Waals surface area contributed by atoms with Crippen LogP contribution in [0, 0.1) is 17.0 Å². The molecule has 0 heterocycles. The minimum atomic E-state index is -4.05. The van der Waals surface area contributed by atoms with Crippen molar-refractivity contribution in [1.29, 1.82) is 0 Å². The first kappa shape index (κ1) is 19.5. The maximum absolute atomic E-state index is 13.0. The van der Waals surface area contributed by atoms with Gasteiger partial charge in [-0.3, -0.25) is 14.9 Å². The molecule has 9 heteroatoms. The minimum Gasteiger partial charge on any atom is -0.370 e. The molecule has 0 atom stereocenters. The summed E-state index contributed by atoms with van der Waals surface area (Å²) in [6.45, 7) is 1.44. The molecule has 2 aromatic rings. The van der Waals surface area contributed by atoms with Crippen LogP contribution in [0.1, 0.15) is 17.5 Å². The van der Waals surface area contributed by atoms with E-state index in [1.807, 2.05) is 0 Å². The van der Waals surface area contributed by atoms with Crippen molar-refractivity contribution in [2.45, 2.75) is 24.8 Å². The van der Waals surface area contributed by atoms with Crippen molar-refractivity contribution in [1.82, 2.24) is 4.31 Å². The lowest BCUT2D eigenvalue weighted by molar-refractivity contribution is -0.385. The monoisotopic (exact) mass is 377 g/mol. The second-order valence-corrected chi connectivity index (χ2v) is 7.68. The number of primary amides is 1. The van der Waals surface area contributed by atoms with Crippen molar-refractivity contribution in [3.63, 3.8) is 0 Å². The van der Waals surface area contributed by atoms with Gasteiger partial charge in [0.1, 0.15) is 0 Å². The number of aryl methyl sites for hydroxylation is 1. The Labute approximate surface area is 151 Å². The number of amides is 1. The van der Waals surface area contributed by atoms with Crippen molar-refractivity contribution in [3.05, 3.63) is 69.8 Å². The quantitative estimate of drug-likeness (QED) is 0.556. The standard InChI is InChI=1S/C17H19N3O5S/c1-13-7-8-15(11-16(13)20(22)23)26(24,25)19(10-9-17(18)21)12-14-5-3-2-4-6-14/h2-8,11H,9-10,12H2,1H3,(H2,18,21). The first-order valence-electron chi connectivity index (χ1n) is 7.79. The second-order valence-electron chi connectivity index (χ2n) is 5.75. The molecule has 8 nitrogen and oxygen atoms in total. The average molecular weight is 377 g/mol. The lowest BCUT2D eigenvalue weighted by atomic mass is 10.2. The molecular formula is C17H19N3O5S. The highest BCUT2D eigenvalue weighted by molar-refractivity contribution is 7.89. The molecule has 0 fully saturated rings. The maximum atomic E-state index is 13.0. The van der Waals surface area contributed by atoms with Crippen molar-refractivity contribution in [2.24, 2.45) is 5.73 Å². The molecule has 138 valence electrons. The lowest BCUT2D eigenvalue weighted by Crippen LogP contribution is -2.33. The zero-order valence-corrected chi connectivity index (χ0v) is 15.0. The molecule has 26 heavy (non-hydrogen) atoms. The highest BCUT2D eigenvalue weighted by Crippen LogP contribution is 2.25. The molecule has 0 aromatic heterocycles. The molecule has 0 saturated heterocycles. The summed E-state index contributed by atoms with van der Waals surface area (Å²) in [4.78, 5) is 21.4. The van der Waals surface area contributed by atoms with Crippen LogP contribution in [-0.2, 0) is 21.4 Å². The van der Waals surface area contributed by atoms with E-state index in [9.17, 15) is 23.3 Å². The summed E-state index contributed by atoms with van der Waals surface area (Å²) in [6.07, 6.45) is -0.153. The van der Waals surface area contributed by atoms with Gasteiger partial charge in [0.25, 0.3) is 5.69 Å². The average Bonchev–Trinajstić information content (AvgIpc) is 2.59. The Balaban J connectivity index is 2.42. The predicted molar refractivity (Wildman–Crippen MR) is 95.7 cm³/mol. The van der Waals surface area contributed by atoms with Gasteiger partial charge in [-0.25, -0.2) is 8.42 Å². The summed E-state index contributed by atoms with van der Waals surface area (Å²) in [5.41, 5.74) is 5.96. The summed E-state index contributed by atoms with van der Waals surface area (Å²) in [6, 6.07) is 12.6. The van der Waals surface area contributed by atoms with Gasteiger partial charge in [0, 0.05) is 31.1 Å². The van der Waals surface area contributed by atoms with Crippen LogP contribution in [0.25, 0.3) is 0 Å². The van der Waals surface area contributed by atoms with E-state index in [0.717, 1.165) is 15.9 Å². The Morgan fingerprint density at radius 2 is 1.85 bits per heavy atom. The molecule has 0 aliphatic heterocycles. The Hall–Kier alpha value is -2.78. The van der Waals surface area contributed by atoms with Gasteiger partial charge >= 0.3 is 0 Å². The fourth-order valence-corrected chi connectivity index (χ4v) is 3.85. The smallest absolute Gasteiger partial charge is 0.273 e. The van der Waals surface area contributed by atoms with Gasteiger partial charge in [0.05, 0.1) is 9.82 Å². The Bertz CT molecular complexity index is 913. The molecule has 0 unspecified atom stereocenters. The number of nitrogens with zero attached hydrogens (tertiary/aromatic N) is 2. The van der Waals surface area contributed by atoms with Crippen molar-refractivity contribution < 1.29 is 18.1 Å². The first-order valence-corrected chi connectivity index (χ1v) is 9.23. The van der Waals surface area contributed by atoms with Crippen molar-refractivity contribution >= 4 is 21.6 Å². The fourth-order valence-electron chi connectivity index (χ4n) is 2.40. The van der Waals surface area contributed by atoms with Crippen LogP contribution in [0.15, 0.2) is 53.4 Å². The number of nitrogens with two attached hydrogens (primary N) is 1. The summed E-state index contributed by atoms with van der Waals surface area (Å²) < 4.78 is 27.1. The predicted octanol–water partition coefficient (Wildman–Crippen LogP) is 1.97. The van der Waals surface area contributed by atoms with Crippen LogP contribution >= 0.6 is 0 Å². The fraction of sp³-hybridized carbons (Fsp3) is 0.235. The maximum Gasteiger partial charge on any atom is 0.273 e. The van der Waals surface area contributed by atoms with E-state index in [0.29, 0.717) is 5.56 Å². The molecule has 1 amide bonds. The number of rotatable bonds is 8. The number of benzene rings is 2. The number of nitro benzene ring substituents is 1. The van der Waals surface area contributed by atoms with Crippen LogP contribution in [0.5, 0.6) is 0 Å². The SMILES string of the molecule is Cc1ccc(S(=O)(=O)N(CCC(N)=O)Cc2ccccc2)cc1[N+](=O)[O-]. The molecule has 0 spiro atoms. The van der Waals surface area contributed by atoms with Gasteiger partial charge in [-0.05, 0) is 18.6 Å². The van der Waals surface area contributed by atoms with Gasteiger partial charge in [0.15, 0.2) is 0 Å². The number of nitro groups is 1. The van der Waals surface area contributed by atoms with E-state index in [4.69, 9.17) is 5.73 Å². The van der Waals surface area contributed by atoms with Gasteiger partial charge in [-0.15, -0.1) is 0 Å². The number of carbonyl (C=O) groups excluding carboxylic acids is 1. The third kappa shape index (κ3) is 4.64. The second kappa shape index (κ2) is 8.07. The molecular weight excluding hydrogens is 358 g/mol. The van der Waals surface area contributed by atoms with Crippen LogP contribution in [0.2, 0.25) is 0 Å². The first-order chi connectivity index (χ1) is 12.2. The third-order valence-corrected chi connectivity index (χ3v) is 5.67. The number of hydrogen-bond donors (Lipinski definition) is 1. The van der Waals surface area contributed by atoms with E-state index in [1.165, 1.54) is 19.1 Å². The minimum absolute atomic E-state index is 0.0259. The van der Waals surface area contributed by atoms with Crippen LogP contribution < -0.4 is 5.73 Å².